The Balaban J connectivity index is 2.08. The van der Waals surface area contributed by atoms with E-state index < -0.39 is 6.17 Å². The SMILES string of the molecule is C[C@@H]1NC(=O)N(C)[C@H]2NC(=O)N(C)[C@@H](c3ccccc3O)[C@H]12. The first-order valence-corrected chi connectivity index (χ1v) is 7.26. The number of para-hydroxylation sites is 1. The van der Waals surface area contributed by atoms with Gasteiger partial charge in [-0.05, 0) is 13.0 Å². The zero-order valence-electron chi connectivity index (χ0n) is 12.8. The summed E-state index contributed by atoms with van der Waals surface area (Å²) in [5, 5.41) is 16.0. The van der Waals surface area contributed by atoms with Crippen LogP contribution in [0.5, 0.6) is 5.75 Å². The molecule has 118 valence electrons. The fourth-order valence-electron chi connectivity index (χ4n) is 3.46. The van der Waals surface area contributed by atoms with Crippen molar-refractivity contribution in [2.75, 3.05) is 14.1 Å². The number of hydrogen-bond acceptors (Lipinski definition) is 3. The number of fused-ring (bicyclic) bond motifs is 1. The largest absolute Gasteiger partial charge is 0.508 e. The second-order valence-corrected chi connectivity index (χ2v) is 5.94. The van der Waals surface area contributed by atoms with Gasteiger partial charge in [0.2, 0.25) is 0 Å². The molecular weight excluding hydrogens is 284 g/mol. The van der Waals surface area contributed by atoms with Gasteiger partial charge in [0, 0.05) is 31.6 Å². The average molecular weight is 304 g/mol. The van der Waals surface area contributed by atoms with Gasteiger partial charge in [0.25, 0.3) is 0 Å². The Labute approximate surface area is 128 Å². The Kier molecular flexibility index (Phi) is 3.35. The summed E-state index contributed by atoms with van der Waals surface area (Å²) in [6, 6.07) is 6.07. The molecule has 2 fully saturated rings. The number of carbonyl (C=O) groups is 2. The quantitative estimate of drug-likeness (QED) is 0.725. The van der Waals surface area contributed by atoms with Crippen LogP contribution in [0.3, 0.4) is 0 Å². The minimum atomic E-state index is -0.406. The van der Waals surface area contributed by atoms with Crippen molar-refractivity contribution < 1.29 is 14.7 Å². The number of hydrogen-bond donors (Lipinski definition) is 3. The number of urea groups is 2. The Hall–Kier alpha value is -2.44. The highest BCUT2D eigenvalue weighted by Gasteiger charge is 2.50. The van der Waals surface area contributed by atoms with Crippen LogP contribution in [-0.4, -0.2) is 53.3 Å². The average Bonchev–Trinajstić information content (AvgIpc) is 2.48. The molecule has 7 nitrogen and oxygen atoms in total. The van der Waals surface area contributed by atoms with Crippen molar-refractivity contribution in [2.24, 2.45) is 5.92 Å². The predicted molar refractivity (Wildman–Crippen MR) is 80.2 cm³/mol. The molecule has 2 aliphatic heterocycles. The Morgan fingerprint density at radius 3 is 2.36 bits per heavy atom. The molecule has 4 atom stereocenters. The van der Waals surface area contributed by atoms with E-state index in [4.69, 9.17) is 0 Å². The third-order valence-electron chi connectivity index (χ3n) is 4.66. The molecule has 7 heteroatoms. The molecule has 0 spiro atoms. The maximum atomic E-state index is 12.3. The summed E-state index contributed by atoms with van der Waals surface area (Å²) in [7, 11) is 3.36. The first-order valence-electron chi connectivity index (χ1n) is 7.26. The van der Waals surface area contributed by atoms with Crippen molar-refractivity contribution in [1.82, 2.24) is 20.4 Å². The van der Waals surface area contributed by atoms with E-state index in [1.807, 2.05) is 19.1 Å². The molecule has 3 N–H and O–H groups in total. The minimum absolute atomic E-state index is 0.0845. The Morgan fingerprint density at radius 1 is 1.05 bits per heavy atom. The Bertz CT molecular complexity index is 621. The van der Waals surface area contributed by atoms with Crippen LogP contribution in [0.2, 0.25) is 0 Å². The molecular formula is C15H20N4O3. The van der Waals surface area contributed by atoms with Crippen molar-refractivity contribution in [3.8, 4) is 5.75 Å². The smallest absolute Gasteiger partial charge is 0.319 e. The highest BCUT2D eigenvalue weighted by molar-refractivity contribution is 5.80. The summed E-state index contributed by atoms with van der Waals surface area (Å²) in [6.07, 6.45) is -0.406. The van der Waals surface area contributed by atoms with Crippen LogP contribution >= 0.6 is 0 Å². The van der Waals surface area contributed by atoms with Gasteiger partial charge in [-0.15, -0.1) is 0 Å². The molecule has 1 aromatic rings. The third kappa shape index (κ3) is 2.04. The summed E-state index contributed by atoms with van der Waals surface area (Å²) in [5.74, 6) is 0.0678. The molecule has 1 aromatic carbocycles. The lowest BCUT2D eigenvalue weighted by atomic mass is 9.81. The fourth-order valence-corrected chi connectivity index (χ4v) is 3.46. The van der Waals surface area contributed by atoms with Crippen LogP contribution in [-0.2, 0) is 0 Å². The van der Waals surface area contributed by atoms with Crippen molar-refractivity contribution in [3.05, 3.63) is 29.8 Å². The third-order valence-corrected chi connectivity index (χ3v) is 4.66. The molecule has 0 radical (unpaired) electrons. The van der Waals surface area contributed by atoms with E-state index in [2.05, 4.69) is 10.6 Å². The van der Waals surface area contributed by atoms with Gasteiger partial charge in [-0.1, -0.05) is 18.2 Å². The monoisotopic (exact) mass is 304 g/mol. The minimum Gasteiger partial charge on any atom is -0.508 e. The molecule has 0 saturated carbocycles. The molecule has 3 rings (SSSR count). The van der Waals surface area contributed by atoms with Gasteiger partial charge in [-0.25, -0.2) is 9.59 Å². The first-order chi connectivity index (χ1) is 10.4. The standard InChI is InChI=1S/C15H20N4O3/c1-8-11-12(9-6-4-5-7-10(9)20)18(2)15(22)17-13(11)19(3)14(21)16-8/h4-8,11-13,20H,1-3H3,(H,16,21)(H,17,22)/t8-,11-,12-,13+/m0/s1. The number of phenolic OH excluding ortho intramolecular Hbond substituents is 1. The molecule has 0 bridgehead atoms. The van der Waals surface area contributed by atoms with Crippen LogP contribution in [0.1, 0.15) is 18.5 Å². The van der Waals surface area contributed by atoms with E-state index in [1.165, 1.54) is 4.90 Å². The summed E-state index contributed by atoms with van der Waals surface area (Å²) >= 11 is 0. The van der Waals surface area contributed by atoms with E-state index in [0.717, 1.165) is 0 Å². The molecule has 2 saturated heterocycles. The second kappa shape index (κ2) is 5.08. The van der Waals surface area contributed by atoms with Gasteiger partial charge in [-0.3, -0.25) is 0 Å². The Morgan fingerprint density at radius 2 is 1.68 bits per heavy atom. The number of carbonyl (C=O) groups excluding carboxylic acids is 2. The molecule has 4 amide bonds. The first kappa shape index (κ1) is 14.5. The highest BCUT2D eigenvalue weighted by Crippen LogP contribution is 2.41. The molecule has 2 aliphatic rings. The lowest BCUT2D eigenvalue weighted by Gasteiger charge is -2.52. The molecule has 22 heavy (non-hydrogen) atoms. The van der Waals surface area contributed by atoms with Crippen LogP contribution in [0.4, 0.5) is 9.59 Å². The maximum Gasteiger partial charge on any atom is 0.319 e. The maximum absolute atomic E-state index is 12.3. The fraction of sp³-hybridized carbons (Fsp3) is 0.467. The van der Waals surface area contributed by atoms with Crippen molar-refractivity contribution in [3.63, 3.8) is 0 Å². The van der Waals surface area contributed by atoms with Crippen molar-refractivity contribution in [2.45, 2.75) is 25.2 Å². The molecule has 0 aromatic heterocycles. The van der Waals surface area contributed by atoms with Crippen LogP contribution in [0, 0.1) is 5.92 Å². The number of amides is 4. The van der Waals surface area contributed by atoms with Crippen LogP contribution < -0.4 is 10.6 Å². The number of nitrogens with zero attached hydrogens (tertiary/aromatic N) is 2. The van der Waals surface area contributed by atoms with Gasteiger partial charge in [0.1, 0.15) is 11.9 Å². The molecule has 2 heterocycles. The summed E-state index contributed by atoms with van der Waals surface area (Å²) in [4.78, 5) is 27.3. The van der Waals surface area contributed by atoms with Gasteiger partial charge >= 0.3 is 12.1 Å². The number of phenols is 1. The molecule has 0 aliphatic carbocycles. The number of nitrogens with one attached hydrogen (secondary N) is 2. The number of rotatable bonds is 1. The lowest BCUT2D eigenvalue weighted by Crippen LogP contribution is -2.71. The van der Waals surface area contributed by atoms with E-state index in [-0.39, 0.29) is 35.8 Å². The van der Waals surface area contributed by atoms with Crippen molar-refractivity contribution >= 4 is 12.1 Å². The lowest BCUT2D eigenvalue weighted by molar-refractivity contribution is 0.0241. The number of aromatic hydroxyl groups is 1. The summed E-state index contributed by atoms with van der Waals surface area (Å²) in [5.41, 5.74) is 0.686. The zero-order chi connectivity index (χ0) is 16.0. The van der Waals surface area contributed by atoms with Crippen LogP contribution in [0.15, 0.2) is 24.3 Å². The van der Waals surface area contributed by atoms with Gasteiger partial charge in [0.15, 0.2) is 0 Å². The van der Waals surface area contributed by atoms with Gasteiger partial charge in [0.05, 0.1) is 6.04 Å². The van der Waals surface area contributed by atoms with E-state index >= 15 is 0 Å². The van der Waals surface area contributed by atoms with E-state index in [0.29, 0.717) is 5.56 Å². The van der Waals surface area contributed by atoms with Gasteiger partial charge in [-0.2, -0.15) is 0 Å². The highest BCUT2D eigenvalue weighted by atomic mass is 16.3. The number of benzene rings is 1. The summed E-state index contributed by atoms with van der Waals surface area (Å²) < 4.78 is 0. The topological polar surface area (TPSA) is 84.9 Å². The van der Waals surface area contributed by atoms with Crippen LogP contribution in [0.25, 0.3) is 0 Å². The zero-order valence-corrected chi connectivity index (χ0v) is 12.8. The second-order valence-electron chi connectivity index (χ2n) is 5.94. The predicted octanol–water partition coefficient (Wildman–Crippen LogP) is 1.07. The van der Waals surface area contributed by atoms with Crippen molar-refractivity contribution in [1.29, 1.82) is 0 Å². The van der Waals surface area contributed by atoms with E-state index in [1.54, 1.807) is 31.1 Å². The normalized spacial score (nSPS) is 31.4. The van der Waals surface area contributed by atoms with E-state index in [9.17, 15) is 14.7 Å². The summed E-state index contributed by atoms with van der Waals surface area (Å²) in [6.45, 7) is 1.92. The molecule has 0 unspecified atom stereocenters. The van der Waals surface area contributed by atoms with Gasteiger partial charge < -0.3 is 25.5 Å².